The number of hydrogen-bond donors (Lipinski definition) is 1. The number of methoxy groups -OCH3 is 1. The summed E-state index contributed by atoms with van der Waals surface area (Å²) in [7, 11) is 1.48. The summed E-state index contributed by atoms with van der Waals surface area (Å²) in [5.41, 5.74) is 1.71. The molecule has 4 rings (SSSR count). The van der Waals surface area contributed by atoms with Crippen molar-refractivity contribution in [1.82, 2.24) is 5.32 Å². The first kappa shape index (κ1) is 23.2. The van der Waals surface area contributed by atoms with Crippen LogP contribution < -0.4 is 14.8 Å². The summed E-state index contributed by atoms with van der Waals surface area (Å²) in [6, 6.07) is 16.6. The van der Waals surface area contributed by atoms with Crippen LogP contribution in [-0.2, 0) is 11.4 Å². The molecule has 3 aromatic carbocycles. The van der Waals surface area contributed by atoms with Crippen LogP contribution in [0.25, 0.3) is 6.08 Å². The lowest BCUT2D eigenvalue weighted by Crippen LogP contribution is -2.19. The summed E-state index contributed by atoms with van der Waals surface area (Å²) < 4.78 is 25.0. The highest BCUT2D eigenvalue weighted by Gasteiger charge is 2.24. The maximum Gasteiger partial charge on any atom is 0.264 e. The van der Waals surface area contributed by atoms with Gasteiger partial charge in [-0.1, -0.05) is 41.4 Å². The van der Waals surface area contributed by atoms with Crippen molar-refractivity contribution in [3.8, 4) is 11.5 Å². The number of hydrogen-bond acceptors (Lipinski definition) is 5. The van der Waals surface area contributed by atoms with E-state index in [-0.39, 0.29) is 29.1 Å². The number of rotatable bonds is 6. The monoisotopic (exact) mass is 502 g/mol. The van der Waals surface area contributed by atoms with Crippen LogP contribution in [0.1, 0.15) is 11.1 Å². The molecule has 0 unspecified atom stereocenters. The van der Waals surface area contributed by atoms with Gasteiger partial charge in [0.25, 0.3) is 5.91 Å². The van der Waals surface area contributed by atoms with Gasteiger partial charge in [0.05, 0.1) is 22.7 Å². The molecule has 168 valence electrons. The number of carbonyl (C=O) groups is 1. The quantitative estimate of drug-likeness (QED) is 0.385. The Balaban J connectivity index is 1.54. The fraction of sp³-hybridized carbons (Fsp3) is 0.0833. The minimum absolute atomic E-state index is 0.00797. The highest BCUT2D eigenvalue weighted by Crippen LogP contribution is 2.38. The molecule has 0 spiro atoms. The Kier molecular flexibility index (Phi) is 7.23. The first-order chi connectivity index (χ1) is 15.9. The van der Waals surface area contributed by atoms with Gasteiger partial charge in [0.2, 0.25) is 0 Å². The molecule has 1 N–H and O–H groups in total. The SMILES string of the molecule is COc1cc(/C=C2\SC(=Nc3ccc(Cl)cc3)NC2=O)cc(Cl)c1OCc1ccccc1F. The van der Waals surface area contributed by atoms with Gasteiger partial charge in [-0.25, -0.2) is 9.38 Å². The average molecular weight is 503 g/mol. The van der Waals surface area contributed by atoms with Crippen LogP contribution in [0.4, 0.5) is 10.1 Å². The first-order valence-corrected chi connectivity index (χ1v) is 11.3. The molecule has 1 aliphatic rings. The Labute approximate surface area is 204 Å². The van der Waals surface area contributed by atoms with Crippen molar-refractivity contribution < 1.29 is 18.7 Å². The third-order valence-corrected chi connectivity index (χ3v) is 6.03. The summed E-state index contributed by atoms with van der Waals surface area (Å²) >= 11 is 13.5. The Bertz CT molecular complexity index is 1260. The van der Waals surface area contributed by atoms with Gasteiger partial charge in [0.15, 0.2) is 16.7 Å². The van der Waals surface area contributed by atoms with E-state index in [2.05, 4.69) is 10.3 Å². The van der Waals surface area contributed by atoms with E-state index in [4.69, 9.17) is 32.7 Å². The number of halogens is 3. The molecule has 1 fully saturated rings. The molecule has 1 saturated heterocycles. The summed E-state index contributed by atoms with van der Waals surface area (Å²) in [5.74, 6) is 0.0131. The van der Waals surface area contributed by atoms with Crippen LogP contribution in [0, 0.1) is 5.82 Å². The van der Waals surface area contributed by atoms with Crippen LogP contribution in [0.5, 0.6) is 11.5 Å². The lowest BCUT2D eigenvalue weighted by Gasteiger charge is -2.14. The van der Waals surface area contributed by atoms with Crippen molar-refractivity contribution >= 4 is 57.8 Å². The Morgan fingerprint density at radius 1 is 1.12 bits per heavy atom. The van der Waals surface area contributed by atoms with E-state index in [9.17, 15) is 9.18 Å². The highest BCUT2D eigenvalue weighted by atomic mass is 35.5. The van der Waals surface area contributed by atoms with Gasteiger partial charge in [-0.2, -0.15) is 0 Å². The number of nitrogens with zero attached hydrogens (tertiary/aromatic N) is 1. The molecule has 5 nitrogen and oxygen atoms in total. The van der Waals surface area contributed by atoms with Crippen molar-refractivity contribution in [1.29, 1.82) is 0 Å². The smallest absolute Gasteiger partial charge is 0.264 e. The van der Waals surface area contributed by atoms with Crippen molar-refractivity contribution in [3.05, 3.63) is 92.6 Å². The Morgan fingerprint density at radius 2 is 1.88 bits per heavy atom. The van der Waals surface area contributed by atoms with Gasteiger partial charge in [-0.05, 0) is 65.9 Å². The molecule has 9 heteroatoms. The minimum Gasteiger partial charge on any atom is -0.493 e. The standard InChI is InChI=1S/C24H17Cl2FN2O3S/c1-31-20-11-14(10-18(26)22(20)32-13-15-4-2-3-5-19(15)27)12-21-23(30)29-24(33-21)28-17-8-6-16(25)7-9-17/h2-12H,13H2,1H3,(H,28,29,30)/b21-12-. The molecule has 0 saturated carbocycles. The van der Waals surface area contributed by atoms with E-state index in [0.29, 0.717) is 37.7 Å². The van der Waals surface area contributed by atoms with Crippen LogP contribution in [0.15, 0.2) is 70.6 Å². The molecule has 0 aromatic heterocycles. The molecular formula is C24H17Cl2FN2O3S. The highest BCUT2D eigenvalue weighted by molar-refractivity contribution is 8.18. The van der Waals surface area contributed by atoms with E-state index >= 15 is 0 Å². The number of aliphatic imine (C=N–C) groups is 1. The molecule has 0 radical (unpaired) electrons. The number of thioether (sulfide) groups is 1. The van der Waals surface area contributed by atoms with Gasteiger partial charge < -0.3 is 14.8 Å². The predicted octanol–water partition coefficient (Wildman–Crippen LogP) is 6.61. The van der Waals surface area contributed by atoms with E-state index < -0.39 is 0 Å². The normalized spacial score (nSPS) is 15.7. The molecule has 0 aliphatic carbocycles. The average Bonchev–Trinajstić information content (AvgIpc) is 3.13. The van der Waals surface area contributed by atoms with E-state index in [1.807, 2.05) is 0 Å². The van der Waals surface area contributed by atoms with Crippen molar-refractivity contribution in [2.24, 2.45) is 4.99 Å². The zero-order valence-electron chi connectivity index (χ0n) is 17.3. The number of carbonyl (C=O) groups excluding carboxylic acids is 1. The predicted molar refractivity (Wildman–Crippen MR) is 131 cm³/mol. The topological polar surface area (TPSA) is 59.9 Å². The largest absolute Gasteiger partial charge is 0.493 e. The van der Waals surface area contributed by atoms with Gasteiger partial charge in [-0.3, -0.25) is 4.79 Å². The molecule has 1 aliphatic heterocycles. The second-order valence-electron chi connectivity index (χ2n) is 6.87. The summed E-state index contributed by atoms with van der Waals surface area (Å²) in [6.45, 7) is -0.00797. The van der Waals surface area contributed by atoms with Gasteiger partial charge in [0.1, 0.15) is 12.4 Å². The summed E-state index contributed by atoms with van der Waals surface area (Å²) in [5, 5.41) is 4.07. The van der Waals surface area contributed by atoms with Crippen molar-refractivity contribution in [3.63, 3.8) is 0 Å². The molecule has 0 atom stereocenters. The Morgan fingerprint density at radius 3 is 2.61 bits per heavy atom. The summed E-state index contributed by atoms with van der Waals surface area (Å²) in [4.78, 5) is 17.3. The van der Waals surface area contributed by atoms with Crippen molar-refractivity contribution in [2.75, 3.05) is 7.11 Å². The number of amides is 1. The number of nitrogens with one attached hydrogen (secondary N) is 1. The molecule has 1 heterocycles. The fourth-order valence-corrected chi connectivity index (χ4v) is 4.23. The maximum absolute atomic E-state index is 13.9. The Hall–Kier alpha value is -3.00. The van der Waals surface area contributed by atoms with E-state index in [1.54, 1.807) is 60.7 Å². The molecule has 33 heavy (non-hydrogen) atoms. The fourth-order valence-electron chi connectivity index (χ4n) is 2.99. The third kappa shape index (κ3) is 5.68. The van der Waals surface area contributed by atoms with Crippen LogP contribution in [-0.4, -0.2) is 18.2 Å². The number of amidine groups is 1. The van der Waals surface area contributed by atoms with Crippen LogP contribution in [0.3, 0.4) is 0 Å². The lowest BCUT2D eigenvalue weighted by molar-refractivity contribution is -0.115. The van der Waals surface area contributed by atoms with Crippen LogP contribution in [0.2, 0.25) is 10.0 Å². The van der Waals surface area contributed by atoms with Gasteiger partial charge >= 0.3 is 0 Å². The zero-order chi connectivity index (χ0) is 23.4. The van der Waals surface area contributed by atoms with Crippen LogP contribution >= 0.6 is 35.0 Å². The second-order valence-corrected chi connectivity index (χ2v) is 8.75. The molecule has 1 amide bonds. The minimum atomic E-state index is -0.366. The maximum atomic E-state index is 13.9. The zero-order valence-corrected chi connectivity index (χ0v) is 19.6. The number of ether oxygens (including phenoxy) is 2. The molecule has 0 bridgehead atoms. The van der Waals surface area contributed by atoms with E-state index in [1.165, 1.54) is 24.9 Å². The third-order valence-electron chi connectivity index (χ3n) is 4.59. The number of benzene rings is 3. The molecular weight excluding hydrogens is 486 g/mol. The lowest BCUT2D eigenvalue weighted by atomic mass is 10.1. The summed E-state index contributed by atoms with van der Waals surface area (Å²) in [6.07, 6.45) is 1.68. The van der Waals surface area contributed by atoms with Gasteiger partial charge in [-0.15, -0.1) is 0 Å². The first-order valence-electron chi connectivity index (χ1n) is 9.72. The van der Waals surface area contributed by atoms with Crippen molar-refractivity contribution in [2.45, 2.75) is 6.61 Å². The molecule has 3 aromatic rings. The van der Waals surface area contributed by atoms with E-state index in [0.717, 1.165) is 0 Å². The van der Waals surface area contributed by atoms with Gasteiger partial charge in [0, 0.05) is 10.6 Å². The second kappa shape index (κ2) is 10.3.